The van der Waals surface area contributed by atoms with Gasteiger partial charge in [-0.3, -0.25) is 4.79 Å². The van der Waals surface area contributed by atoms with Gasteiger partial charge in [0.05, 0.1) is 5.41 Å². The molecule has 2 atom stereocenters. The summed E-state index contributed by atoms with van der Waals surface area (Å²) in [4.78, 5) is 25.2. The molecule has 0 radical (unpaired) electrons. The summed E-state index contributed by atoms with van der Waals surface area (Å²) in [5, 5.41) is 12.2. The van der Waals surface area contributed by atoms with Crippen LogP contribution in [0.1, 0.15) is 26.2 Å². The molecule has 1 saturated heterocycles. The van der Waals surface area contributed by atoms with E-state index < -0.39 is 11.4 Å². The van der Waals surface area contributed by atoms with Gasteiger partial charge in [-0.15, -0.1) is 0 Å². The van der Waals surface area contributed by atoms with Crippen LogP contribution in [0.25, 0.3) is 0 Å². The molecule has 2 aliphatic rings. The fourth-order valence-corrected chi connectivity index (χ4v) is 3.56. The second kappa shape index (κ2) is 5.38. The first-order valence-corrected chi connectivity index (χ1v) is 7.56. The van der Waals surface area contributed by atoms with Crippen molar-refractivity contribution in [3.05, 3.63) is 0 Å². The maximum Gasteiger partial charge on any atom is 0.317 e. The summed E-state index contributed by atoms with van der Waals surface area (Å²) in [7, 11) is 0. The summed E-state index contributed by atoms with van der Waals surface area (Å²) in [5.41, 5.74) is -0.805. The first-order valence-electron chi connectivity index (χ1n) is 6.40. The molecule has 0 spiro atoms. The van der Waals surface area contributed by atoms with E-state index in [2.05, 4.69) is 5.32 Å². The zero-order chi connectivity index (χ0) is 13.2. The van der Waals surface area contributed by atoms with Gasteiger partial charge in [0.2, 0.25) is 0 Å². The molecular formula is C12H20N2O3S. The van der Waals surface area contributed by atoms with Gasteiger partial charge >= 0.3 is 12.0 Å². The van der Waals surface area contributed by atoms with Crippen molar-refractivity contribution in [1.29, 1.82) is 0 Å². The van der Waals surface area contributed by atoms with Gasteiger partial charge in [-0.2, -0.15) is 11.8 Å². The van der Waals surface area contributed by atoms with Gasteiger partial charge < -0.3 is 15.3 Å². The lowest BCUT2D eigenvalue weighted by Crippen LogP contribution is -2.52. The molecule has 18 heavy (non-hydrogen) atoms. The van der Waals surface area contributed by atoms with Crippen molar-refractivity contribution >= 4 is 23.8 Å². The number of hydrogen-bond donors (Lipinski definition) is 2. The van der Waals surface area contributed by atoms with Crippen molar-refractivity contribution in [1.82, 2.24) is 10.2 Å². The Labute approximate surface area is 111 Å². The number of nitrogens with one attached hydrogen (secondary N) is 1. The number of hydrogen-bond acceptors (Lipinski definition) is 3. The van der Waals surface area contributed by atoms with Crippen molar-refractivity contribution in [2.45, 2.75) is 32.2 Å². The van der Waals surface area contributed by atoms with Gasteiger partial charge in [-0.05, 0) is 19.8 Å². The molecule has 1 heterocycles. The second-order valence-corrected chi connectivity index (χ2v) is 6.44. The van der Waals surface area contributed by atoms with Gasteiger partial charge in [0.15, 0.2) is 0 Å². The Hall–Kier alpha value is -0.910. The van der Waals surface area contributed by atoms with Crippen LogP contribution in [-0.4, -0.2) is 52.6 Å². The number of carboxylic acids is 1. The number of rotatable bonds is 2. The number of carboxylic acid groups (broad SMARTS) is 1. The van der Waals surface area contributed by atoms with E-state index in [0.717, 1.165) is 37.4 Å². The number of carbonyl (C=O) groups excluding carboxylic acids is 1. The molecule has 2 fully saturated rings. The molecule has 0 bridgehead atoms. The Bertz CT molecular complexity index is 344. The Morgan fingerprint density at radius 2 is 2.06 bits per heavy atom. The average molecular weight is 272 g/mol. The second-order valence-electron chi connectivity index (χ2n) is 5.22. The van der Waals surface area contributed by atoms with Gasteiger partial charge in [0, 0.05) is 30.6 Å². The molecule has 1 aliphatic heterocycles. The minimum absolute atomic E-state index is 0.102. The zero-order valence-electron chi connectivity index (χ0n) is 10.6. The van der Waals surface area contributed by atoms with Gasteiger partial charge in [0.25, 0.3) is 0 Å². The van der Waals surface area contributed by atoms with E-state index >= 15 is 0 Å². The summed E-state index contributed by atoms with van der Waals surface area (Å²) in [6, 6.07) is -0.341. The van der Waals surface area contributed by atoms with Crippen LogP contribution < -0.4 is 5.32 Å². The predicted molar refractivity (Wildman–Crippen MR) is 70.8 cm³/mol. The Morgan fingerprint density at radius 1 is 1.39 bits per heavy atom. The van der Waals surface area contributed by atoms with E-state index in [1.807, 2.05) is 11.8 Å². The largest absolute Gasteiger partial charge is 0.481 e. The average Bonchev–Trinajstić information content (AvgIpc) is 2.73. The monoisotopic (exact) mass is 272 g/mol. The van der Waals surface area contributed by atoms with Crippen LogP contribution >= 0.6 is 11.8 Å². The molecule has 102 valence electrons. The number of carbonyl (C=O) groups is 2. The molecule has 2 N–H and O–H groups in total. The molecule has 2 unspecified atom stereocenters. The van der Waals surface area contributed by atoms with E-state index in [4.69, 9.17) is 0 Å². The highest BCUT2D eigenvalue weighted by molar-refractivity contribution is 7.99. The van der Waals surface area contributed by atoms with Crippen LogP contribution in [-0.2, 0) is 4.79 Å². The highest BCUT2D eigenvalue weighted by Crippen LogP contribution is 2.38. The Morgan fingerprint density at radius 3 is 2.67 bits per heavy atom. The first-order chi connectivity index (χ1) is 8.54. The van der Waals surface area contributed by atoms with Crippen molar-refractivity contribution < 1.29 is 14.7 Å². The normalized spacial score (nSPS) is 32.3. The molecule has 0 aromatic carbocycles. The minimum Gasteiger partial charge on any atom is -0.481 e. The van der Waals surface area contributed by atoms with Crippen molar-refractivity contribution in [3.8, 4) is 0 Å². The van der Waals surface area contributed by atoms with E-state index in [-0.39, 0.29) is 12.1 Å². The molecule has 2 amide bonds. The number of urea groups is 1. The molecule has 2 rings (SSSR count). The van der Waals surface area contributed by atoms with Gasteiger partial charge in [-0.1, -0.05) is 6.42 Å². The fourth-order valence-electron chi connectivity index (χ4n) is 2.66. The standard InChI is InChI=1S/C12H20N2O3S/c1-12(10(15)16)4-2-3-9(12)13-11(17)14-5-7-18-8-6-14/h9H,2-8H2,1H3,(H,13,17)(H,15,16). The third-order valence-electron chi connectivity index (χ3n) is 4.04. The fraction of sp³-hybridized carbons (Fsp3) is 0.833. The topological polar surface area (TPSA) is 69.6 Å². The van der Waals surface area contributed by atoms with Crippen LogP contribution in [0.15, 0.2) is 0 Å². The quantitative estimate of drug-likeness (QED) is 0.797. The van der Waals surface area contributed by atoms with Crippen molar-refractivity contribution in [2.75, 3.05) is 24.6 Å². The molecule has 0 aromatic rings. The summed E-state index contributed by atoms with van der Waals surface area (Å²) in [5.74, 6) is 1.13. The van der Waals surface area contributed by atoms with Crippen LogP contribution in [0.5, 0.6) is 0 Å². The third-order valence-corrected chi connectivity index (χ3v) is 4.99. The van der Waals surface area contributed by atoms with E-state index in [1.54, 1.807) is 11.8 Å². The predicted octanol–water partition coefficient (Wildman–Crippen LogP) is 1.39. The summed E-state index contributed by atoms with van der Waals surface area (Å²) in [6.45, 7) is 3.25. The maximum atomic E-state index is 12.1. The van der Waals surface area contributed by atoms with E-state index in [1.165, 1.54) is 0 Å². The van der Waals surface area contributed by atoms with E-state index in [0.29, 0.717) is 6.42 Å². The Balaban J connectivity index is 1.95. The molecule has 1 saturated carbocycles. The molecule has 1 aliphatic carbocycles. The SMILES string of the molecule is CC1(C(=O)O)CCCC1NC(=O)N1CCSCC1. The van der Waals surface area contributed by atoms with Crippen LogP contribution in [0, 0.1) is 5.41 Å². The summed E-state index contributed by atoms with van der Waals surface area (Å²) >= 11 is 1.85. The maximum absolute atomic E-state index is 12.1. The molecule has 5 nitrogen and oxygen atoms in total. The lowest BCUT2D eigenvalue weighted by Gasteiger charge is -2.32. The van der Waals surface area contributed by atoms with Crippen molar-refractivity contribution in [2.24, 2.45) is 5.41 Å². The van der Waals surface area contributed by atoms with Crippen LogP contribution in [0.2, 0.25) is 0 Å². The summed E-state index contributed by atoms with van der Waals surface area (Å²) < 4.78 is 0. The first kappa shape index (κ1) is 13.5. The summed E-state index contributed by atoms with van der Waals surface area (Å²) in [6.07, 6.45) is 2.27. The van der Waals surface area contributed by atoms with E-state index in [9.17, 15) is 14.7 Å². The molecule has 0 aromatic heterocycles. The van der Waals surface area contributed by atoms with Crippen molar-refractivity contribution in [3.63, 3.8) is 0 Å². The number of nitrogens with zero attached hydrogens (tertiary/aromatic N) is 1. The number of aliphatic carboxylic acids is 1. The zero-order valence-corrected chi connectivity index (χ0v) is 11.5. The lowest BCUT2D eigenvalue weighted by atomic mass is 9.85. The Kier molecular flexibility index (Phi) is 4.04. The van der Waals surface area contributed by atoms with Gasteiger partial charge in [-0.25, -0.2) is 4.79 Å². The lowest BCUT2D eigenvalue weighted by molar-refractivity contribution is -0.148. The molecular weight excluding hydrogens is 252 g/mol. The molecule has 6 heteroatoms. The smallest absolute Gasteiger partial charge is 0.317 e. The third kappa shape index (κ3) is 2.58. The number of amides is 2. The van der Waals surface area contributed by atoms with Gasteiger partial charge in [0.1, 0.15) is 0 Å². The highest BCUT2D eigenvalue weighted by Gasteiger charge is 2.46. The highest BCUT2D eigenvalue weighted by atomic mass is 32.2. The van der Waals surface area contributed by atoms with Crippen LogP contribution in [0.4, 0.5) is 4.79 Å². The van der Waals surface area contributed by atoms with Crippen LogP contribution in [0.3, 0.4) is 0 Å². The number of thioether (sulfide) groups is 1. The minimum atomic E-state index is -0.806.